The number of nitrogens with zero attached hydrogens (tertiary/aromatic N) is 1. The molecular weight excluding hydrogens is 398 g/mol. The molecule has 0 aliphatic heterocycles. The number of para-hydroxylation sites is 2. The van der Waals surface area contributed by atoms with Gasteiger partial charge in [-0.2, -0.15) is 0 Å². The SMILES string of the molecule is CCS(=O)(=O)c1ccc(O)c(NC(=O)CS[C@@H](C)c2nc3ccccc3[nH]2)c1. The molecule has 3 rings (SSSR count). The smallest absolute Gasteiger partial charge is 0.234 e. The van der Waals surface area contributed by atoms with Crippen LogP contribution < -0.4 is 5.32 Å². The van der Waals surface area contributed by atoms with Crippen molar-refractivity contribution in [2.45, 2.75) is 24.0 Å². The number of benzene rings is 2. The summed E-state index contributed by atoms with van der Waals surface area (Å²) in [5, 5.41) is 12.5. The van der Waals surface area contributed by atoms with Crippen LogP contribution in [0.25, 0.3) is 11.0 Å². The van der Waals surface area contributed by atoms with Crippen molar-refractivity contribution in [1.82, 2.24) is 9.97 Å². The van der Waals surface area contributed by atoms with E-state index < -0.39 is 9.84 Å². The van der Waals surface area contributed by atoms with Crippen LogP contribution in [-0.4, -0.2) is 40.9 Å². The van der Waals surface area contributed by atoms with Crippen LogP contribution in [0, 0.1) is 0 Å². The number of sulfone groups is 1. The number of aromatic nitrogens is 2. The quantitative estimate of drug-likeness (QED) is 0.505. The number of rotatable bonds is 7. The minimum atomic E-state index is -3.43. The highest BCUT2D eigenvalue weighted by molar-refractivity contribution is 8.00. The molecule has 1 aromatic heterocycles. The van der Waals surface area contributed by atoms with Gasteiger partial charge in [0.15, 0.2) is 9.84 Å². The zero-order valence-corrected chi connectivity index (χ0v) is 17.1. The zero-order valence-electron chi connectivity index (χ0n) is 15.5. The minimum Gasteiger partial charge on any atom is -0.506 e. The Balaban J connectivity index is 1.65. The van der Waals surface area contributed by atoms with Crippen molar-refractivity contribution >= 4 is 44.2 Å². The van der Waals surface area contributed by atoms with Crippen molar-refractivity contribution in [3.8, 4) is 5.75 Å². The Morgan fingerprint density at radius 1 is 1.29 bits per heavy atom. The van der Waals surface area contributed by atoms with Crippen molar-refractivity contribution in [1.29, 1.82) is 0 Å². The molecule has 0 fully saturated rings. The van der Waals surface area contributed by atoms with Crippen LogP contribution in [0.4, 0.5) is 5.69 Å². The van der Waals surface area contributed by atoms with E-state index in [0.717, 1.165) is 16.9 Å². The maximum atomic E-state index is 12.3. The van der Waals surface area contributed by atoms with Gasteiger partial charge in [-0.15, -0.1) is 11.8 Å². The van der Waals surface area contributed by atoms with Gasteiger partial charge in [0, 0.05) is 0 Å². The molecule has 1 atom stereocenters. The summed E-state index contributed by atoms with van der Waals surface area (Å²) in [6.45, 7) is 3.48. The molecule has 0 aliphatic rings. The second-order valence-corrected chi connectivity index (χ2v) is 9.83. The number of imidazole rings is 1. The van der Waals surface area contributed by atoms with E-state index in [0.29, 0.717) is 0 Å². The number of carbonyl (C=O) groups is 1. The summed E-state index contributed by atoms with van der Waals surface area (Å²) < 4.78 is 24.0. The van der Waals surface area contributed by atoms with Gasteiger partial charge in [-0.25, -0.2) is 13.4 Å². The summed E-state index contributed by atoms with van der Waals surface area (Å²) in [7, 11) is -3.43. The lowest BCUT2D eigenvalue weighted by molar-refractivity contribution is -0.113. The van der Waals surface area contributed by atoms with Crippen LogP contribution in [0.15, 0.2) is 47.4 Å². The molecule has 0 aliphatic carbocycles. The van der Waals surface area contributed by atoms with Crippen LogP contribution >= 0.6 is 11.8 Å². The molecule has 0 saturated carbocycles. The van der Waals surface area contributed by atoms with E-state index in [-0.39, 0.29) is 39.0 Å². The van der Waals surface area contributed by atoms with Crippen LogP contribution in [0.1, 0.15) is 24.9 Å². The highest BCUT2D eigenvalue weighted by Gasteiger charge is 2.17. The first-order chi connectivity index (χ1) is 13.3. The van der Waals surface area contributed by atoms with Crippen LogP contribution in [-0.2, 0) is 14.6 Å². The van der Waals surface area contributed by atoms with E-state index in [9.17, 15) is 18.3 Å². The summed E-state index contributed by atoms with van der Waals surface area (Å²) >= 11 is 1.39. The number of H-pyrrole nitrogens is 1. The number of hydrogen-bond donors (Lipinski definition) is 3. The first kappa shape index (κ1) is 20.2. The highest BCUT2D eigenvalue weighted by Crippen LogP contribution is 2.30. The Kier molecular flexibility index (Phi) is 5.95. The molecule has 3 N–H and O–H groups in total. The van der Waals surface area contributed by atoms with Gasteiger partial charge in [-0.05, 0) is 37.3 Å². The third-order valence-corrected chi connectivity index (χ3v) is 7.12. The monoisotopic (exact) mass is 419 g/mol. The lowest BCUT2D eigenvalue weighted by Crippen LogP contribution is -2.15. The van der Waals surface area contributed by atoms with E-state index in [2.05, 4.69) is 15.3 Å². The molecule has 1 amide bonds. The lowest BCUT2D eigenvalue weighted by atomic mass is 10.3. The number of carbonyl (C=O) groups excluding carboxylic acids is 1. The Labute approximate surface area is 167 Å². The Bertz CT molecular complexity index is 1080. The van der Waals surface area contributed by atoms with E-state index in [4.69, 9.17) is 0 Å². The number of phenols is 1. The van der Waals surface area contributed by atoms with Crippen molar-refractivity contribution in [2.24, 2.45) is 0 Å². The number of amides is 1. The van der Waals surface area contributed by atoms with Gasteiger partial charge in [0.2, 0.25) is 5.91 Å². The minimum absolute atomic E-state index is 0.0430. The van der Waals surface area contributed by atoms with E-state index >= 15 is 0 Å². The number of fused-ring (bicyclic) bond motifs is 1. The number of hydrogen-bond acceptors (Lipinski definition) is 6. The number of aromatic hydroxyl groups is 1. The van der Waals surface area contributed by atoms with Gasteiger partial charge in [0.05, 0.1) is 38.4 Å². The van der Waals surface area contributed by atoms with Gasteiger partial charge in [0.1, 0.15) is 11.6 Å². The van der Waals surface area contributed by atoms with Gasteiger partial charge in [-0.3, -0.25) is 4.79 Å². The maximum Gasteiger partial charge on any atom is 0.234 e. The number of anilines is 1. The van der Waals surface area contributed by atoms with Crippen LogP contribution in [0.3, 0.4) is 0 Å². The van der Waals surface area contributed by atoms with Crippen molar-refractivity contribution in [2.75, 3.05) is 16.8 Å². The van der Waals surface area contributed by atoms with E-state index in [1.807, 2.05) is 31.2 Å². The average Bonchev–Trinajstić information content (AvgIpc) is 3.12. The molecule has 9 heteroatoms. The predicted octanol–water partition coefficient (Wildman–Crippen LogP) is 3.50. The highest BCUT2D eigenvalue weighted by atomic mass is 32.2. The second kappa shape index (κ2) is 8.24. The summed E-state index contributed by atoms with van der Waals surface area (Å²) in [6.07, 6.45) is 0. The van der Waals surface area contributed by atoms with Crippen LogP contribution in [0.2, 0.25) is 0 Å². The summed E-state index contributed by atoms with van der Waals surface area (Å²) in [5.74, 6) is 0.323. The van der Waals surface area contributed by atoms with Crippen LogP contribution in [0.5, 0.6) is 5.75 Å². The number of aromatic amines is 1. The molecule has 28 heavy (non-hydrogen) atoms. The number of nitrogens with one attached hydrogen (secondary N) is 2. The maximum absolute atomic E-state index is 12.3. The van der Waals surface area contributed by atoms with Gasteiger partial charge in [-0.1, -0.05) is 19.1 Å². The van der Waals surface area contributed by atoms with Crippen molar-refractivity contribution in [3.63, 3.8) is 0 Å². The fourth-order valence-electron chi connectivity index (χ4n) is 2.61. The number of phenolic OH excluding ortho intramolecular Hbond substituents is 1. The first-order valence-corrected chi connectivity index (χ1v) is 11.4. The first-order valence-electron chi connectivity index (χ1n) is 8.72. The molecule has 0 spiro atoms. The summed E-state index contributed by atoms with van der Waals surface area (Å²) in [6, 6.07) is 11.6. The molecule has 1 heterocycles. The van der Waals surface area contributed by atoms with E-state index in [1.54, 1.807) is 0 Å². The topological polar surface area (TPSA) is 112 Å². The largest absolute Gasteiger partial charge is 0.506 e. The molecular formula is C19H21N3O4S2. The van der Waals surface area contributed by atoms with Crippen molar-refractivity contribution < 1.29 is 18.3 Å². The predicted molar refractivity (Wildman–Crippen MR) is 111 cm³/mol. The fourth-order valence-corrected chi connectivity index (χ4v) is 4.26. The standard InChI is InChI=1S/C19H21N3O4S2/c1-3-28(25,26)13-8-9-17(23)16(10-13)20-18(24)11-27-12(2)19-21-14-6-4-5-7-15(14)22-19/h4-10,12,23H,3,11H2,1-2H3,(H,20,24)(H,21,22)/t12-/m0/s1. The summed E-state index contributed by atoms with van der Waals surface area (Å²) in [5.41, 5.74) is 1.89. The van der Waals surface area contributed by atoms with Gasteiger partial charge >= 0.3 is 0 Å². The van der Waals surface area contributed by atoms with Crippen molar-refractivity contribution in [3.05, 3.63) is 48.3 Å². The Hall–Kier alpha value is -2.52. The fraction of sp³-hybridized carbons (Fsp3) is 0.263. The molecule has 0 bridgehead atoms. The second-order valence-electron chi connectivity index (χ2n) is 6.22. The average molecular weight is 420 g/mol. The normalized spacial score (nSPS) is 12.8. The zero-order chi connectivity index (χ0) is 20.3. The van der Waals surface area contributed by atoms with Gasteiger partial charge in [0.25, 0.3) is 0 Å². The van der Waals surface area contributed by atoms with E-state index in [1.165, 1.54) is 36.9 Å². The number of thioether (sulfide) groups is 1. The lowest BCUT2D eigenvalue weighted by Gasteiger charge is -2.11. The third-order valence-electron chi connectivity index (χ3n) is 4.24. The molecule has 148 valence electrons. The molecule has 2 aromatic carbocycles. The molecule has 0 unspecified atom stereocenters. The molecule has 0 saturated heterocycles. The van der Waals surface area contributed by atoms with Gasteiger partial charge < -0.3 is 15.4 Å². The molecule has 7 nitrogen and oxygen atoms in total. The Morgan fingerprint density at radius 2 is 2.04 bits per heavy atom. The summed E-state index contributed by atoms with van der Waals surface area (Å²) in [4.78, 5) is 20.1. The molecule has 3 aromatic rings. The molecule has 0 radical (unpaired) electrons. The Morgan fingerprint density at radius 3 is 2.75 bits per heavy atom. The third kappa shape index (κ3) is 4.48.